The van der Waals surface area contributed by atoms with E-state index in [0.717, 1.165) is 13.0 Å². The molecule has 1 fully saturated rings. The quantitative estimate of drug-likeness (QED) is 0.659. The van der Waals surface area contributed by atoms with Crippen LogP contribution >= 0.6 is 12.4 Å². The van der Waals surface area contributed by atoms with Gasteiger partial charge in [-0.15, -0.1) is 12.4 Å². The second-order valence-corrected chi connectivity index (χ2v) is 2.80. The summed E-state index contributed by atoms with van der Waals surface area (Å²) >= 11 is 0. The highest BCUT2D eigenvalue weighted by Crippen LogP contribution is 2.09. The third-order valence-electron chi connectivity index (χ3n) is 1.90. The minimum absolute atomic E-state index is 0. The molecule has 3 N–H and O–H groups in total. The minimum Gasteiger partial charge on any atom is -0.370 e. The molecule has 66 valence electrons. The van der Waals surface area contributed by atoms with Gasteiger partial charge >= 0.3 is 0 Å². The fourth-order valence-electron chi connectivity index (χ4n) is 1.32. The van der Waals surface area contributed by atoms with Crippen LogP contribution in [0.15, 0.2) is 0 Å². The van der Waals surface area contributed by atoms with Gasteiger partial charge in [0.2, 0.25) is 5.91 Å². The van der Waals surface area contributed by atoms with Crippen molar-refractivity contribution in [1.82, 2.24) is 5.32 Å². The summed E-state index contributed by atoms with van der Waals surface area (Å²) in [6.07, 6.45) is 3.88. The van der Waals surface area contributed by atoms with E-state index in [4.69, 9.17) is 5.73 Å². The summed E-state index contributed by atoms with van der Waals surface area (Å²) in [5.74, 6) is -0.186. The van der Waals surface area contributed by atoms with Crippen LogP contribution in [0.2, 0.25) is 0 Å². The fourth-order valence-corrected chi connectivity index (χ4v) is 1.32. The lowest BCUT2D eigenvalue weighted by molar-refractivity contribution is -0.118. The summed E-state index contributed by atoms with van der Waals surface area (Å²) in [7, 11) is 0. The van der Waals surface area contributed by atoms with Gasteiger partial charge in [0.1, 0.15) is 0 Å². The fraction of sp³-hybridized carbons (Fsp3) is 0.857. The number of amides is 1. The van der Waals surface area contributed by atoms with E-state index in [9.17, 15) is 4.79 Å². The van der Waals surface area contributed by atoms with E-state index in [2.05, 4.69) is 5.32 Å². The minimum atomic E-state index is -0.186. The van der Waals surface area contributed by atoms with E-state index in [1.54, 1.807) is 0 Å². The van der Waals surface area contributed by atoms with Gasteiger partial charge < -0.3 is 11.1 Å². The normalized spacial score (nSPS) is 22.7. The molecule has 1 aliphatic heterocycles. The Morgan fingerprint density at radius 1 is 1.64 bits per heavy atom. The van der Waals surface area contributed by atoms with Crippen molar-refractivity contribution >= 4 is 18.3 Å². The molecule has 0 aliphatic carbocycles. The van der Waals surface area contributed by atoms with Gasteiger partial charge in [-0.05, 0) is 25.8 Å². The van der Waals surface area contributed by atoms with Crippen molar-refractivity contribution in [2.75, 3.05) is 6.54 Å². The van der Waals surface area contributed by atoms with Crippen LogP contribution in [0.3, 0.4) is 0 Å². The van der Waals surface area contributed by atoms with Crippen LogP contribution in [0.5, 0.6) is 0 Å². The Balaban J connectivity index is 0.000001000. The topological polar surface area (TPSA) is 55.1 Å². The van der Waals surface area contributed by atoms with E-state index in [1.807, 2.05) is 0 Å². The number of primary amides is 1. The molecular formula is C7H15ClN2O. The number of halogens is 1. The van der Waals surface area contributed by atoms with Crippen molar-refractivity contribution < 1.29 is 4.79 Å². The molecule has 11 heavy (non-hydrogen) atoms. The molecule has 1 saturated heterocycles. The van der Waals surface area contributed by atoms with E-state index >= 15 is 0 Å². The molecule has 4 heteroatoms. The third-order valence-corrected chi connectivity index (χ3v) is 1.90. The highest BCUT2D eigenvalue weighted by molar-refractivity contribution is 5.85. The van der Waals surface area contributed by atoms with E-state index in [1.165, 1.54) is 12.8 Å². The molecule has 0 aromatic rings. The Morgan fingerprint density at radius 3 is 2.82 bits per heavy atom. The summed E-state index contributed by atoms with van der Waals surface area (Å²) in [4.78, 5) is 10.4. The van der Waals surface area contributed by atoms with Gasteiger partial charge in [-0.25, -0.2) is 0 Å². The van der Waals surface area contributed by atoms with Crippen LogP contribution in [-0.2, 0) is 4.79 Å². The number of rotatable bonds is 3. The van der Waals surface area contributed by atoms with Gasteiger partial charge in [0.15, 0.2) is 0 Å². The van der Waals surface area contributed by atoms with Crippen molar-refractivity contribution in [3.05, 3.63) is 0 Å². The first-order chi connectivity index (χ1) is 4.79. The lowest BCUT2D eigenvalue weighted by Gasteiger charge is -2.06. The number of carbonyl (C=O) groups excluding carboxylic acids is 1. The van der Waals surface area contributed by atoms with E-state index in [-0.39, 0.29) is 18.3 Å². The maximum atomic E-state index is 10.4. The summed E-state index contributed by atoms with van der Waals surface area (Å²) in [5, 5.41) is 3.30. The predicted molar refractivity (Wildman–Crippen MR) is 46.7 cm³/mol. The Bertz CT molecular complexity index is 124. The molecule has 0 saturated carbocycles. The molecule has 3 nitrogen and oxygen atoms in total. The van der Waals surface area contributed by atoms with Crippen molar-refractivity contribution in [3.8, 4) is 0 Å². The summed E-state index contributed by atoms with van der Waals surface area (Å²) in [5.41, 5.74) is 5.00. The standard InChI is InChI=1S/C7H14N2O.ClH/c8-7(10)4-3-6-2-1-5-9-6;/h6,9H,1-5H2,(H2,8,10);1H. The second-order valence-electron chi connectivity index (χ2n) is 2.80. The van der Waals surface area contributed by atoms with Crippen LogP contribution in [0.25, 0.3) is 0 Å². The Hall–Kier alpha value is -0.280. The lowest BCUT2D eigenvalue weighted by atomic mass is 10.1. The number of nitrogens with one attached hydrogen (secondary N) is 1. The molecule has 1 aliphatic rings. The zero-order valence-electron chi connectivity index (χ0n) is 6.51. The van der Waals surface area contributed by atoms with Gasteiger partial charge in [0, 0.05) is 12.5 Å². The zero-order chi connectivity index (χ0) is 7.40. The first-order valence-corrected chi connectivity index (χ1v) is 3.81. The van der Waals surface area contributed by atoms with Crippen LogP contribution in [0.1, 0.15) is 25.7 Å². The van der Waals surface area contributed by atoms with Crippen molar-refractivity contribution in [2.45, 2.75) is 31.7 Å². The number of hydrogen-bond acceptors (Lipinski definition) is 2. The third kappa shape index (κ3) is 4.22. The van der Waals surface area contributed by atoms with Crippen molar-refractivity contribution in [2.24, 2.45) is 5.73 Å². The molecule has 1 amide bonds. The summed E-state index contributed by atoms with van der Waals surface area (Å²) in [6.45, 7) is 1.10. The molecule has 1 rings (SSSR count). The first kappa shape index (κ1) is 10.7. The van der Waals surface area contributed by atoms with Gasteiger partial charge in [-0.1, -0.05) is 0 Å². The Morgan fingerprint density at radius 2 is 2.36 bits per heavy atom. The number of carbonyl (C=O) groups is 1. The van der Waals surface area contributed by atoms with Gasteiger partial charge in [-0.2, -0.15) is 0 Å². The highest BCUT2D eigenvalue weighted by Gasteiger charge is 2.13. The molecule has 0 aromatic heterocycles. The van der Waals surface area contributed by atoms with Gasteiger partial charge in [0.25, 0.3) is 0 Å². The average molecular weight is 179 g/mol. The lowest BCUT2D eigenvalue weighted by Crippen LogP contribution is -2.23. The second kappa shape index (κ2) is 5.38. The number of hydrogen-bond donors (Lipinski definition) is 2. The van der Waals surface area contributed by atoms with E-state index in [0.29, 0.717) is 12.5 Å². The summed E-state index contributed by atoms with van der Waals surface area (Å²) in [6, 6.07) is 0.549. The van der Waals surface area contributed by atoms with Crippen LogP contribution in [0, 0.1) is 0 Å². The number of nitrogens with two attached hydrogens (primary N) is 1. The Kier molecular flexibility index (Phi) is 5.24. The molecule has 0 bridgehead atoms. The first-order valence-electron chi connectivity index (χ1n) is 3.81. The molecule has 0 spiro atoms. The highest BCUT2D eigenvalue weighted by atomic mass is 35.5. The molecule has 0 radical (unpaired) electrons. The zero-order valence-corrected chi connectivity index (χ0v) is 7.32. The van der Waals surface area contributed by atoms with Crippen LogP contribution < -0.4 is 11.1 Å². The largest absolute Gasteiger partial charge is 0.370 e. The molecule has 1 heterocycles. The average Bonchev–Trinajstić information content (AvgIpc) is 2.34. The smallest absolute Gasteiger partial charge is 0.217 e. The molecule has 1 unspecified atom stereocenters. The molecular weight excluding hydrogens is 164 g/mol. The molecule has 1 atom stereocenters. The van der Waals surface area contributed by atoms with Crippen LogP contribution in [-0.4, -0.2) is 18.5 Å². The monoisotopic (exact) mass is 178 g/mol. The maximum absolute atomic E-state index is 10.4. The van der Waals surface area contributed by atoms with Gasteiger partial charge in [0.05, 0.1) is 0 Å². The van der Waals surface area contributed by atoms with E-state index < -0.39 is 0 Å². The van der Waals surface area contributed by atoms with Crippen LogP contribution in [0.4, 0.5) is 0 Å². The molecule has 0 aromatic carbocycles. The van der Waals surface area contributed by atoms with Gasteiger partial charge in [-0.3, -0.25) is 4.79 Å². The van der Waals surface area contributed by atoms with Crippen molar-refractivity contribution in [3.63, 3.8) is 0 Å². The predicted octanol–water partition coefficient (Wildman–Crippen LogP) is 0.426. The summed E-state index contributed by atoms with van der Waals surface area (Å²) < 4.78 is 0. The van der Waals surface area contributed by atoms with Crippen molar-refractivity contribution in [1.29, 1.82) is 0 Å². The SMILES string of the molecule is Cl.NC(=O)CCC1CCCN1. The maximum Gasteiger partial charge on any atom is 0.217 e. The Labute approximate surface area is 73.1 Å².